The second kappa shape index (κ2) is 4.41. The number of nitrogens with zero attached hydrogens (tertiary/aromatic N) is 1. The van der Waals surface area contributed by atoms with Gasteiger partial charge in [-0.1, -0.05) is 36.4 Å². The highest BCUT2D eigenvalue weighted by molar-refractivity contribution is 5.75. The zero-order chi connectivity index (χ0) is 12.4. The van der Waals surface area contributed by atoms with Gasteiger partial charge in [0.25, 0.3) is 0 Å². The number of aromatic nitrogens is 1. The second-order valence-corrected chi connectivity index (χ2v) is 4.19. The van der Waals surface area contributed by atoms with Gasteiger partial charge >= 0.3 is 0 Å². The van der Waals surface area contributed by atoms with Gasteiger partial charge in [0.2, 0.25) is 0 Å². The lowest BCUT2D eigenvalue weighted by atomic mass is 10.1. The molecule has 1 aromatic heterocycles. The number of nitrogen functional groups attached to an aromatic ring is 1. The molecule has 0 aliphatic rings. The Bertz CT molecular complexity index is 654. The first-order valence-corrected chi connectivity index (χ1v) is 5.94. The number of para-hydroxylation sites is 2. The van der Waals surface area contributed by atoms with Crippen LogP contribution in [0.3, 0.4) is 0 Å². The van der Waals surface area contributed by atoms with Gasteiger partial charge in [-0.3, -0.25) is 0 Å². The van der Waals surface area contributed by atoms with Crippen LogP contribution in [0.4, 0.5) is 5.69 Å². The number of hydrogen-bond acceptors (Lipinski definition) is 1. The van der Waals surface area contributed by atoms with Crippen LogP contribution in [0.15, 0.2) is 72.9 Å². The van der Waals surface area contributed by atoms with E-state index >= 15 is 0 Å². The van der Waals surface area contributed by atoms with Gasteiger partial charge in [0.15, 0.2) is 0 Å². The van der Waals surface area contributed by atoms with Crippen LogP contribution in [-0.2, 0) is 0 Å². The molecule has 0 spiro atoms. The second-order valence-electron chi connectivity index (χ2n) is 4.19. The summed E-state index contributed by atoms with van der Waals surface area (Å²) in [5.74, 6) is 0. The molecular formula is C16H14N2. The SMILES string of the molecule is Nc1ccccc1-c1cccn1-c1ccccc1. The number of anilines is 1. The summed E-state index contributed by atoms with van der Waals surface area (Å²) >= 11 is 0. The Labute approximate surface area is 106 Å². The molecule has 0 unspecified atom stereocenters. The lowest BCUT2D eigenvalue weighted by Crippen LogP contribution is -1.97. The summed E-state index contributed by atoms with van der Waals surface area (Å²) in [4.78, 5) is 0. The first kappa shape index (κ1) is 10.7. The predicted molar refractivity (Wildman–Crippen MR) is 75.6 cm³/mol. The summed E-state index contributed by atoms with van der Waals surface area (Å²) in [6, 6.07) is 22.3. The highest BCUT2D eigenvalue weighted by Crippen LogP contribution is 2.28. The average molecular weight is 234 g/mol. The van der Waals surface area contributed by atoms with Crippen molar-refractivity contribution in [3.8, 4) is 16.9 Å². The quantitative estimate of drug-likeness (QED) is 0.673. The van der Waals surface area contributed by atoms with Crippen molar-refractivity contribution in [1.82, 2.24) is 4.57 Å². The number of benzene rings is 2. The smallest absolute Gasteiger partial charge is 0.0549 e. The van der Waals surface area contributed by atoms with Gasteiger partial charge < -0.3 is 10.3 Å². The molecule has 3 rings (SSSR count). The van der Waals surface area contributed by atoms with Crippen LogP contribution in [0.1, 0.15) is 0 Å². The third-order valence-electron chi connectivity index (χ3n) is 3.02. The molecule has 0 atom stereocenters. The van der Waals surface area contributed by atoms with Gasteiger partial charge in [-0.15, -0.1) is 0 Å². The van der Waals surface area contributed by atoms with Gasteiger partial charge in [-0.25, -0.2) is 0 Å². The summed E-state index contributed by atoms with van der Waals surface area (Å²) in [7, 11) is 0. The Hall–Kier alpha value is -2.48. The minimum absolute atomic E-state index is 0.799. The Balaban J connectivity index is 2.16. The highest BCUT2D eigenvalue weighted by atomic mass is 15.0. The maximum atomic E-state index is 6.05. The molecule has 18 heavy (non-hydrogen) atoms. The van der Waals surface area contributed by atoms with Gasteiger partial charge in [-0.2, -0.15) is 0 Å². The van der Waals surface area contributed by atoms with E-state index in [4.69, 9.17) is 5.73 Å². The Morgan fingerprint density at radius 3 is 2.22 bits per heavy atom. The molecule has 3 aromatic rings. The fourth-order valence-corrected chi connectivity index (χ4v) is 2.14. The van der Waals surface area contributed by atoms with E-state index in [-0.39, 0.29) is 0 Å². The number of hydrogen-bond donors (Lipinski definition) is 1. The van der Waals surface area contributed by atoms with Crippen molar-refractivity contribution in [3.63, 3.8) is 0 Å². The third-order valence-corrected chi connectivity index (χ3v) is 3.02. The lowest BCUT2D eigenvalue weighted by molar-refractivity contribution is 1.09. The Morgan fingerprint density at radius 1 is 0.722 bits per heavy atom. The van der Waals surface area contributed by atoms with Gasteiger partial charge in [0, 0.05) is 23.1 Å². The van der Waals surface area contributed by atoms with Gasteiger partial charge in [0.1, 0.15) is 0 Å². The standard InChI is InChI=1S/C16H14N2/c17-15-10-5-4-9-14(15)16-11-6-12-18(16)13-7-2-1-3-8-13/h1-12H,17H2. The van der Waals surface area contributed by atoms with Crippen LogP contribution in [0.25, 0.3) is 16.9 Å². The number of rotatable bonds is 2. The Morgan fingerprint density at radius 2 is 1.44 bits per heavy atom. The first-order chi connectivity index (χ1) is 8.86. The normalized spacial score (nSPS) is 10.4. The molecule has 2 aromatic carbocycles. The molecular weight excluding hydrogens is 220 g/mol. The molecule has 2 heteroatoms. The van der Waals surface area contributed by atoms with Crippen LogP contribution in [-0.4, -0.2) is 4.57 Å². The molecule has 2 N–H and O–H groups in total. The lowest BCUT2D eigenvalue weighted by Gasteiger charge is -2.11. The van der Waals surface area contributed by atoms with Crippen LogP contribution in [0.5, 0.6) is 0 Å². The monoisotopic (exact) mass is 234 g/mol. The largest absolute Gasteiger partial charge is 0.398 e. The minimum Gasteiger partial charge on any atom is -0.398 e. The van der Waals surface area contributed by atoms with E-state index in [0.717, 1.165) is 22.6 Å². The van der Waals surface area contributed by atoms with Crippen molar-refractivity contribution >= 4 is 5.69 Å². The number of nitrogens with two attached hydrogens (primary N) is 1. The van der Waals surface area contributed by atoms with Gasteiger partial charge in [0.05, 0.1) is 5.69 Å². The molecule has 0 saturated carbocycles. The molecule has 88 valence electrons. The predicted octanol–water partition coefficient (Wildman–Crippen LogP) is 3.73. The summed E-state index contributed by atoms with van der Waals surface area (Å²) < 4.78 is 2.14. The van der Waals surface area contributed by atoms with Crippen molar-refractivity contribution in [3.05, 3.63) is 72.9 Å². The molecule has 0 aliphatic carbocycles. The maximum Gasteiger partial charge on any atom is 0.0549 e. The molecule has 0 aliphatic heterocycles. The van der Waals surface area contributed by atoms with Crippen molar-refractivity contribution in [2.45, 2.75) is 0 Å². The van der Waals surface area contributed by atoms with E-state index in [0.29, 0.717) is 0 Å². The van der Waals surface area contributed by atoms with Crippen LogP contribution in [0, 0.1) is 0 Å². The average Bonchev–Trinajstić information content (AvgIpc) is 2.89. The summed E-state index contributed by atoms with van der Waals surface area (Å²) in [6.45, 7) is 0. The van der Waals surface area contributed by atoms with E-state index in [2.05, 4.69) is 29.0 Å². The third kappa shape index (κ3) is 1.78. The van der Waals surface area contributed by atoms with E-state index < -0.39 is 0 Å². The molecule has 0 saturated heterocycles. The zero-order valence-electron chi connectivity index (χ0n) is 9.95. The Kier molecular flexibility index (Phi) is 2.61. The minimum atomic E-state index is 0.799. The molecule has 0 radical (unpaired) electrons. The highest BCUT2D eigenvalue weighted by Gasteiger charge is 2.07. The molecule has 0 fully saturated rings. The zero-order valence-corrected chi connectivity index (χ0v) is 9.95. The van der Waals surface area contributed by atoms with E-state index in [1.807, 2.05) is 48.5 Å². The molecule has 0 bridgehead atoms. The van der Waals surface area contributed by atoms with Crippen LogP contribution < -0.4 is 5.73 Å². The van der Waals surface area contributed by atoms with E-state index in [9.17, 15) is 0 Å². The van der Waals surface area contributed by atoms with Crippen molar-refractivity contribution in [2.75, 3.05) is 5.73 Å². The van der Waals surface area contributed by atoms with Crippen molar-refractivity contribution < 1.29 is 0 Å². The molecule has 1 heterocycles. The molecule has 0 amide bonds. The topological polar surface area (TPSA) is 30.9 Å². The maximum absolute atomic E-state index is 6.05. The molecule has 2 nitrogen and oxygen atoms in total. The first-order valence-electron chi connectivity index (χ1n) is 5.94. The fraction of sp³-hybridized carbons (Fsp3) is 0. The summed E-state index contributed by atoms with van der Waals surface area (Å²) in [5.41, 5.74) is 10.2. The van der Waals surface area contributed by atoms with Crippen LogP contribution >= 0.6 is 0 Å². The van der Waals surface area contributed by atoms with E-state index in [1.54, 1.807) is 0 Å². The van der Waals surface area contributed by atoms with Gasteiger partial charge in [-0.05, 0) is 30.3 Å². The summed E-state index contributed by atoms with van der Waals surface area (Å²) in [6.07, 6.45) is 2.05. The van der Waals surface area contributed by atoms with Crippen molar-refractivity contribution in [2.24, 2.45) is 0 Å². The summed E-state index contributed by atoms with van der Waals surface area (Å²) in [5, 5.41) is 0. The van der Waals surface area contributed by atoms with Crippen LogP contribution in [0.2, 0.25) is 0 Å². The fourth-order valence-electron chi connectivity index (χ4n) is 2.14. The van der Waals surface area contributed by atoms with E-state index in [1.165, 1.54) is 0 Å². The van der Waals surface area contributed by atoms with Crippen molar-refractivity contribution in [1.29, 1.82) is 0 Å².